The summed E-state index contributed by atoms with van der Waals surface area (Å²) in [6.45, 7) is 3.62. The molecule has 88 valence electrons. The van der Waals surface area contributed by atoms with E-state index in [9.17, 15) is 0 Å². The molecule has 0 unspecified atom stereocenters. The lowest BCUT2D eigenvalue weighted by Gasteiger charge is -2.08. The highest BCUT2D eigenvalue weighted by molar-refractivity contribution is 6.33. The number of hydrogen-bond donors (Lipinski definition) is 2. The van der Waals surface area contributed by atoms with Gasteiger partial charge < -0.3 is 24.2 Å². The molecule has 1 aromatic carbocycles. The second kappa shape index (κ2) is 7.11. The van der Waals surface area contributed by atoms with Gasteiger partial charge in [0.05, 0.1) is 6.61 Å². The Balaban J connectivity index is 2.33. The Bertz CT molecular complexity index is 288. The van der Waals surface area contributed by atoms with Crippen LogP contribution in [0.3, 0.4) is 0 Å². The van der Waals surface area contributed by atoms with E-state index in [2.05, 4.69) is 4.65 Å². The Hall–Kier alpha value is -1.24. The zero-order chi connectivity index (χ0) is 11.8. The predicted octanol–water partition coefficient (Wildman–Crippen LogP) is 0.450. The fourth-order valence-electron chi connectivity index (χ4n) is 1.10. The Labute approximate surface area is 94.7 Å². The third-order valence-corrected chi connectivity index (χ3v) is 1.77. The summed E-state index contributed by atoms with van der Waals surface area (Å²) in [5, 5.41) is 17.1. The van der Waals surface area contributed by atoms with Crippen LogP contribution in [0, 0.1) is 0 Å². The molecule has 0 radical (unpaired) electrons. The average Bonchev–Trinajstić information content (AvgIpc) is 2.26. The molecule has 16 heavy (non-hydrogen) atoms. The molecule has 0 heterocycles. The van der Waals surface area contributed by atoms with Crippen LogP contribution < -0.4 is 9.39 Å². The van der Waals surface area contributed by atoms with Gasteiger partial charge in [0.1, 0.15) is 18.1 Å². The maximum Gasteiger partial charge on any atom is 0.707 e. The van der Waals surface area contributed by atoms with Crippen LogP contribution in [0.1, 0.15) is 6.92 Å². The third kappa shape index (κ3) is 5.02. The number of ether oxygens (including phenoxy) is 2. The van der Waals surface area contributed by atoms with Crippen LogP contribution in [0.25, 0.3) is 0 Å². The summed E-state index contributed by atoms with van der Waals surface area (Å²) < 4.78 is 15.1. The van der Waals surface area contributed by atoms with E-state index in [1.54, 1.807) is 24.3 Å². The summed E-state index contributed by atoms with van der Waals surface area (Å²) in [6, 6.07) is 6.55. The Morgan fingerprint density at radius 1 is 1.06 bits per heavy atom. The molecule has 0 aliphatic heterocycles. The van der Waals surface area contributed by atoms with Crippen molar-refractivity contribution in [2.24, 2.45) is 0 Å². The lowest BCUT2D eigenvalue weighted by atomic mass is 10.2. The van der Waals surface area contributed by atoms with Crippen molar-refractivity contribution in [1.29, 1.82) is 0 Å². The first-order valence-electron chi connectivity index (χ1n) is 5.05. The highest BCUT2D eigenvalue weighted by Gasteiger charge is 2.10. The van der Waals surface area contributed by atoms with Crippen molar-refractivity contribution >= 4 is 7.32 Å². The molecular formula is C10H15BO5. The van der Waals surface area contributed by atoms with E-state index < -0.39 is 7.32 Å². The Kier molecular flexibility index (Phi) is 5.70. The van der Waals surface area contributed by atoms with Crippen molar-refractivity contribution in [3.63, 3.8) is 0 Å². The van der Waals surface area contributed by atoms with Gasteiger partial charge >= 0.3 is 7.32 Å². The van der Waals surface area contributed by atoms with Crippen LogP contribution in [0.2, 0.25) is 0 Å². The lowest BCUT2D eigenvalue weighted by molar-refractivity contribution is 0.110. The highest BCUT2D eigenvalue weighted by atomic mass is 16.6. The fraction of sp³-hybridized carbons (Fsp3) is 0.400. The normalized spacial score (nSPS) is 9.94. The molecule has 0 aliphatic carbocycles. The molecule has 0 saturated carbocycles. The summed E-state index contributed by atoms with van der Waals surface area (Å²) in [4.78, 5) is 0. The molecular weight excluding hydrogens is 211 g/mol. The largest absolute Gasteiger partial charge is 0.707 e. The number of rotatable bonds is 7. The molecule has 0 aliphatic rings. The third-order valence-electron chi connectivity index (χ3n) is 1.77. The van der Waals surface area contributed by atoms with Crippen molar-refractivity contribution in [3.8, 4) is 11.5 Å². The van der Waals surface area contributed by atoms with Crippen molar-refractivity contribution in [3.05, 3.63) is 24.3 Å². The predicted molar refractivity (Wildman–Crippen MR) is 59.2 cm³/mol. The van der Waals surface area contributed by atoms with E-state index in [-0.39, 0.29) is 0 Å². The fourth-order valence-corrected chi connectivity index (χ4v) is 1.10. The minimum Gasteiger partial charge on any atom is -0.512 e. The van der Waals surface area contributed by atoms with Crippen molar-refractivity contribution in [2.45, 2.75) is 6.92 Å². The molecule has 6 heteroatoms. The summed E-state index contributed by atoms with van der Waals surface area (Å²) in [5.74, 6) is 1.05. The molecule has 2 N–H and O–H groups in total. The van der Waals surface area contributed by atoms with Gasteiger partial charge in [-0.1, -0.05) is 0 Å². The van der Waals surface area contributed by atoms with E-state index >= 15 is 0 Å². The van der Waals surface area contributed by atoms with Gasteiger partial charge in [0.2, 0.25) is 0 Å². The maximum atomic E-state index is 8.56. The topological polar surface area (TPSA) is 68.2 Å². The van der Waals surface area contributed by atoms with Crippen LogP contribution in [-0.2, 0) is 4.74 Å². The SMILES string of the molecule is CCOCCOc1ccc(OB(O)O)cc1. The zero-order valence-electron chi connectivity index (χ0n) is 9.13. The van der Waals surface area contributed by atoms with Crippen LogP contribution in [0.4, 0.5) is 0 Å². The quantitative estimate of drug-likeness (QED) is 0.521. The number of benzene rings is 1. The minimum atomic E-state index is -1.80. The van der Waals surface area contributed by atoms with Crippen molar-refractivity contribution < 1.29 is 24.2 Å². The Morgan fingerprint density at radius 2 is 1.69 bits per heavy atom. The summed E-state index contributed by atoms with van der Waals surface area (Å²) >= 11 is 0. The average molecular weight is 226 g/mol. The van der Waals surface area contributed by atoms with Crippen LogP contribution in [0.15, 0.2) is 24.3 Å². The van der Waals surface area contributed by atoms with Gasteiger partial charge in [0, 0.05) is 6.61 Å². The molecule has 0 bridgehead atoms. The molecule has 1 rings (SSSR count). The first-order chi connectivity index (χ1) is 7.72. The van der Waals surface area contributed by atoms with Crippen LogP contribution in [-0.4, -0.2) is 37.2 Å². The summed E-state index contributed by atoms with van der Waals surface area (Å²) in [7, 11) is -1.80. The van der Waals surface area contributed by atoms with E-state index in [0.717, 1.165) is 0 Å². The van der Waals surface area contributed by atoms with Gasteiger partial charge in [-0.15, -0.1) is 0 Å². The van der Waals surface area contributed by atoms with Crippen molar-refractivity contribution in [1.82, 2.24) is 0 Å². The second-order valence-electron chi connectivity index (χ2n) is 2.96. The number of hydrogen-bond acceptors (Lipinski definition) is 5. The Morgan fingerprint density at radius 3 is 2.25 bits per heavy atom. The molecule has 0 amide bonds. The molecule has 0 saturated heterocycles. The zero-order valence-corrected chi connectivity index (χ0v) is 9.13. The highest BCUT2D eigenvalue weighted by Crippen LogP contribution is 2.17. The van der Waals surface area contributed by atoms with Gasteiger partial charge in [-0.25, -0.2) is 0 Å². The van der Waals surface area contributed by atoms with Crippen LogP contribution in [0.5, 0.6) is 11.5 Å². The molecule has 1 aromatic rings. The van der Waals surface area contributed by atoms with E-state index in [1.807, 2.05) is 6.92 Å². The first-order valence-corrected chi connectivity index (χ1v) is 5.05. The van der Waals surface area contributed by atoms with Gasteiger partial charge in [-0.05, 0) is 31.2 Å². The molecule has 0 aromatic heterocycles. The van der Waals surface area contributed by atoms with Crippen molar-refractivity contribution in [2.75, 3.05) is 19.8 Å². The minimum absolute atomic E-state index is 0.368. The van der Waals surface area contributed by atoms with E-state index in [4.69, 9.17) is 19.5 Å². The van der Waals surface area contributed by atoms with Gasteiger partial charge in [0.15, 0.2) is 0 Å². The van der Waals surface area contributed by atoms with E-state index in [1.165, 1.54) is 0 Å². The molecule has 5 nitrogen and oxygen atoms in total. The molecule has 0 fully saturated rings. The first kappa shape index (κ1) is 12.8. The smallest absolute Gasteiger partial charge is 0.512 e. The monoisotopic (exact) mass is 226 g/mol. The lowest BCUT2D eigenvalue weighted by Crippen LogP contribution is -2.20. The van der Waals surface area contributed by atoms with Gasteiger partial charge in [-0.3, -0.25) is 0 Å². The van der Waals surface area contributed by atoms with Gasteiger partial charge in [0.25, 0.3) is 0 Å². The second-order valence-corrected chi connectivity index (χ2v) is 2.96. The molecule has 0 atom stereocenters. The standard InChI is InChI=1S/C10H15BO5/c1-2-14-7-8-15-9-3-5-10(6-4-9)16-11(12)13/h3-6,12-13H,2,7-8H2,1H3. The summed E-state index contributed by atoms with van der Waals surface area (Å²) in [5.41, 5.74) is 0. The van der Waals surface area contributed by atoms with Crippen LogP contribution >= 0.6 is 0 Å². The van der Waals surface area contributed by atoms with E-state index in [0.29, 0.717) is 31.3 Å². The van der Waals surface area contributed by atoms with Gasteiger partial charge in [-0.2, -0.15) is 0 Å². The maximum absolute atomic E-state index is 8.56. The summed E-state index contributed by atoms with van der Waals surface area (Å²) in [6.07, 6.45) is 0. The molecule has 0 spiro atoms.